The molecule has 0 aromatic heterocycles. The van der Waals surface area contributed by atoms with E-state index in [9.17, 15) is 4.39 Å². The van der Waals surface area contributed by atoms with Crippen molar-refractivity contribution in [2.24, 2.45) is 10.9 Å². The van der Waals surface area contributed by atoms with E-state index in [0.29, 0.717) is 0 Å². The lowest BCUT2D eigenvalue weighted by Crippen LogP contribution is -2.13. The van der Waals surface area contributed by atoms with Crippen LogP contribution in [0, 0.1) is 5.82 Å². The summed E-state index contributed by atoms with van der Waals surface area (Å²) in [5.41, 5.74) is 6.42. The van der Waals surface area contributed by atoms with Gasteiger partial charge in [0.1, 0.15) is 12.4 Å². The Morgan fingerprint density at radius 1 is 1.20 bits per heavy atom. The molecule has 2 aromatic carbocycles. The first-order chi connectivity index (χ1) is 9.60. The Labute approximate surface area is 114 Å². The first-order valence-electron chi connectivity index (χ1n) is 5.78. The monoisotopic (exact) mass is 276 g/mol. The maximum absolute atomic E-state index is 13.8. The summed E-state index contributed by atoms with van der Waals surface area (Å²) in [4.78, 5) is 0. The maximum atomic E-state index is 13.8. The molecule has 0 aliphatic carbocycles. The van der Waals surface area contributed by atoms with Crippen LogP contribution in [-0.4, -0.2) is 16.1 Å². The zero-order valence-corrected chi connectivity index (χ0v) is 10.5. The molecule has 0 atom stereocenters. The van der Waals surface area contributed by atoms with Gasteiger partial charge in [0.25, 0.3) is 0 Å². The van der Waals surface area contributed by atoms with Crippen molar-refractivity contribution in [3.63, 3.8) is 0 Å². The number of hydrogen-bond acceptors (Lipinski definition) is 4. The molecule has 0 aliphatic rings. The predicted molar refractivity (Wildman–Crippen MR) is 71.3 cm³/mol. The second kappa shape index (κ2) is 5.92. The minimum absolute atomic E-state index is 0.0626. The third kappa shape index (κ3) is 3.17. The molecule has 2 aromatic rings. The van der Waals surface area contributed by atoms with E-state index in [4.69, 9.17) is 20.8 Å². The van der Waals surface area contributed by atoms with Crippen molar-refractivity contribution in [3.8, 4) is 11.5 Å². The molecule has 0 heterocycles. The molecular formula is C14H13FN2O3. The molecule has 0 amide bonds. The van der Waals surface area contributed by atoms with Gasteiger partial charge in [0.05, 0.1) is 0 Å². The largest absolute Gasteiger partial charge is 0.508 e. The summed E-state index contributed by atoms with van der Waals surface area (Å²) in [5.74, 6) is -0.558. The first-order valence-corrected chi connectivity index (χ1v) is 5.78. The molecule has 20 heavy (non-hydrogen) atoms. The van der Waals surface area contributed by atoms with Crippen LogP contribution < -0.4 is 10.5 Å². The summed E-state index contributed by atoms with van der Waals surface area (Å²) < 4.78 is 19.1. The number of hydrogen-bond donors (Lipinski definition) is 3. The Hall–Kier alpha value is -2.76. The fraction of sp³-hybridized carbons (Fsp3) is 0.0714. The average Bonchev–Trinajstić information content (AvgIpc) is 2.46. The molecule has 104 valence electrons. The first kappa shape index (κ1) is 13.7. The molecule has 0 saturated heterocycles. The number of ether oxygens (including phenoxy) is 1. The summed E-state index contributed by atoms with van der Waals surface area (Å²) in [5, 5.41) is 20.5. The Morgan fingerprint density at radius 3 is 2.50 bits per heavy atom. The summed E-state index contributed by atoms with van der Waals surface area (Å²) in [6, 6.07) is 10.4. The van der Waals surface area contributed by atoms with Crippen LogP contribution in [0.25, 0.3) is 0 Å². The molecule has 0 bridgehead atoms. The summed E-state index contributed by atoms with van der Waals surface area (Å²) >= 11 is 0. The van der Waals surface area contributed by atoms with Crippen molar-refractivity contribution in [1.29, 1.82) is 0 Å². The lowest BCUT2D eigenvalue weighted by Gasteiger charge is -2.08. The second-order valence-corrected chi connectivity index (χ2v) is 4.09. The number of phenolic OH excluding ortho intramolecular Hbond substituents is 1. The van der Waals surface area contributed by atoms with E-state index >= 15 is 0 Å². The maximum Gasteiger partial charge on any atom is 0.170 e. The molecule has 4 N–H and O–H groups in total. The van der Waals surface area contributed by atoms with Crippen LogP contribution in [0.15, 0.2) is 47.6 Å². The highest BCUT2D eigenvalue weighted by Crippen LogP contribution is 2.20. The number of benzene rings is 2. The Bertz CT molecular complexity index is 627. The van der Waals surface area contributed by atoms with Crippen LogP contribution in [0.3, 0.4) is 0 Å². The van der Waals surface area contributed by atoms with Crippen LogP contribution in [0.1, 0.15) is 11.1 Å². The fourth-order valence-electron chi connectivity index (χ4n) is 1.59. The SMILES string of the molecule is N/C(=N/O)c1ccc(OCc2ccc(O)cc2)c(F)c1. The Kier molecular flexibility index (Phi) is 4.05. The fourth-order valence-corrected chi connectivity index (χ4v) is 1.59. The highest BCUT2D eigenvalue weighted by atomic mass is 19.1. The Morgan fingerprint density at radius 2 is 1.90 bits per heavy atom. The molecule has 0 radical (unpaired) electrons. The second-order valence-electron chi connectivity index (χ2n) is 4.09. The third-order valence-corrected chi connectivity index (χ3v) is 2.67. The highest BCUT2D eigenvalue weighted by molar-refractivity contribution is 5.97. The van der Waals surface area contributed by atoms with Gasteiger partial charge in [-0.3, -0.25) is 0 Å². The van der Waals surface area contributed by atoms with Crippen molar-refractivity contribution in [3.05, 3.63) is 59.4 Å². The zero-order valence-electron chi connectivity index (χ0n) is 10.5. The number of rotatable bonds is 4. The summed E-state index contributed by atoms with van der Waals surface area (Å²) in [6.45, 7) is 0.167. The number of halogens is 1. The van der Waals surface area contributed by atoms with E-state index in [1.54, 1.807) is 12.1 Å². The third-order valence-electron chi connectivity index (χ3n) is 2.67. The van der Waals surface area contributed by atoms with Crippen molar-refractivity contribution >= 4 is 5.84 Å². The van der Waals surface area contributed by atoms with Gasteiger partial charge in [-0.05, 0) is 35.9 Å². The van der Waals surface area contributed by atoms with Crippen molar-refractivity contribution < 1.29 is 19.4 Å². The van der Waals surface area contributed by atoms with Crippen molar-refractivity contribution in [2.45, 2.75) is 6.61 Å². The number of phenols is 1. The minimum Gasteiger partial charge on any atom is -0.508 e. The molecule has 0 fully saturated rings. The van der Waals surface area contributed by atoms with E-state index in [1.165, 1.54) is 24.3 Å². The van der Waals surface area contributed by atoms with E-state index in [-0.39, 0.29) is 29.5 Å². The number of nitrogens with two attached hydrogens (primary N) is 1. The molecule has 2 rings (SSSR count). The van der Waals surface area contributed by atoms with E-state index in [2.05, 4.69) is 5.16 Å². The molecule has 6 heteroatoms. The van der Waals surface area contributed by atoms with Gasteiger partial charge in [0.15, 0.2) is 17.4 Å². The van der Waals surface area contributed by atoms with Crippen LogP contribution in [0.5, 0.6) is 11.5 Å². The molecule has 0 saturated carbocycles. The topological polar surface area (TPSA) is 88.1 Å². The highest BCUT2D eigenvalue weighted by Gasteiger charge is 2.07. The summed E-state index contributed by atoms with van der Waals surface area (Å²) in [6.07, 6.45) is 0. The smallest absolute Gasteiger partial charge is 0.170 e. The lowest BCUT2D eigenvalue weighted by molar-refractivity contribution is 0.290. The van der Waals surface area contributed by atoms with Crippen LogP contribution in [0.2, 0.25) is 0 Å². The lowest BCUT2D eigenvalue weighted by atomic mass is 10.2. The predicted octanol–water partition coefficient (Wildman–Crippen LogP) is 2.20. The van der Waals surface area contributed by atoms with Gasteiger partial charge in [-0.15, -0.1) is 0 Å². The molecule has 0 spiro atoms. The van der Waals surface area contributed by atoms with Gasteiger partial charge < -0.3 is 20.8 Å². The number of nitrogens with zero attached hydrogens (tertiary/aromatic N) is 1. The standard InChI is InChI=1S/C14H13FN2O3/c15-12-7-10(14(16)17-19)3-6-13(12)20-8-9-1-4-11(18)5-2-9/h1-7,18-19H,8H2,(H2,16,17). The Balaban J connectivity index is 2.08. The molecule has 0 aliphatic heterocycles. The van der Waals surface area contributed by atoms with E-state index < -0.39 is 5.82 Å². The quantitative estimate of drug-likeness (QED) is 0.346. The van der Waals surface area contributed by atoms with Gasteiger partial charge in [-0.1, -0.05) is 17.3 Å². The summed E-state index contributed by atoms with van der Waals surface area (Å²) in [7, 11) is 0. The van der Waals surface area contributed by atoms with Gasteiger partial charge >= 0.3 is 0 Å². The number of oxime groups is 1. The van der Waals surface area contributed by atoms with E-state index in [1.807, 2.05) is 0 Å². The van der Waals surface area contributed by atoms with Gasteiger partial charge in [0, 0.05) is 5.56 Å². The van der Waals surface area contributed by atoms with Crippen LogP contribution in [-0.2, 0) is 6.61 Å². The average molecular weight is 276 g/mol. The van der Waals surface area contributed by atoms with E-state index in [0.717, 1.165) is 11.6 Å². The van der Waals surface area contributed by atoms with Crippen LogP contribution >= 0.6 is 0 Å². The minimum atomic E-state index is -0.604. The van der Waals surface area contributed by atoms with Gasteiger partial charge in [-0.2, -0.15) is 0 Å². The van der Waals surface area contributed by atoms with Crippen molar-refractivity contribution in [1.82, 2.24) is 0 Å². The zero-order chi connectivity index (χ0) is 14.5. The van der Waals surface area contributed by atoms with Gasteiger partial charge in [-0.25, -0.2) is 4.39 Å². The molecular weight excluding hydrogens is 263 g/mol. The normalized spacial score (nSPS) is 11.3. The number of aromatic hydroxyl groups is 1. The number of amidine groups is 1. The molecule has 0 unspecified atom stereocenters. The van der Waals surface area contributed by atoms with Gasteiger partial charge in [0.2, 0.25) is 0 Å². The molecule has 5 nitrogen and oxygen atoms in total. The van der Waals surface area contributed by atoms with Crippen LogP contribution in [0.4, 0.5) is 4.39 Å². The van der Waals surface area contributed by atoms with Crippen molar-refractivity contribution in [2.75, 3.05) is 0 Å².